The van der Waals surface area contributed by atoms with E-state index < -0.39 is 0 Å². The van der Waals surface area contributed by atoms with Crippen molar-refractivity contribution in [1.82, 2.24) is 0 Å². The second-order valence-corrected chi connectivity index (χ2v) is 7.34. The summed E-state index contributed by atoms with van der Waals surface area (Å²) >= 11 is 0. The molecule has 0 aliphatic rings. The normalized spacial score (nSPS) is 10.3. The minimum atomic E-state index is -0.148. The Kier molecular flexibility index (Phi) is 8.69. The van der Waals surface area contributed by atoms with Crippen LogP contribution in [-0.2, 0) is 16.0 Å². The van der Waals surface area contributed by atoms with E-state index in [1.807, 2.05) is 54.6 Å². The molecule has 0 unspecified atom stereocenters. The zero-order valence-electron chi connectivity index (χ0n) is 18.3. The van der Waals surface area contributed by atoms with Crippen molar-refractivity contribution in [3.63, 3.8) is 0 Å². The number of carbonyl (C=O) groups excluding carboxylic acids is 2. The zero-order chi connectivity index (χ0) is 22.6. The van der Waals surface area contributed by atoms with Gasteiger partial charge >= 0.3 is 0 Å². The van der Waals surface area contributed by atoms with Crippen LogP contribution in [0, 0.1) is 0 Å². The van der Waals surface area contributed by atoms with E-state index in [1.54, 1.807) is 19.1 Å². The largest absolute Gasteiger partial charge is 0.494 e. The van der Waals surface area contributed by atoms with Gasteiger partial charge in [-0.15, -0.1) is 0 Å². The molecule has 0 heterocycles. The lowest BCUT2D eigenvalue weighted by molar-refractivity contribution is -0.116. The maximum atomic E-state index is 12.2. The predicted molar refractivity (Wildman–Crippen MR) is 129 cm³/mol. The first-order chi connectivity index (χ1) is 15.6. The number of carbonyl (C=O) groups is 2. The minimum Gasteiger partial charge on any atom is -0.494 e. The highest BCUT2D eigenvalue weighted by Gasteiger charge is 2.04. The van der Waals surface area contributed by atoms with Gasteiger partial charge in [-0.3, -0.25) is 9.59 Å². The molecule has 3 N–H and O–H groups in total. The van der Waals surface area contributed by atoms with Gasteiger partial charge in [0.25, 0.3) is 0 Å². The van der Waals surface area contributed by atoms with E-state index in [0.717, 1.165) is 30.0 Å². The van der Waals surface area contributed by atoms with Gasteiger partial charge in [0.15, 0.2) is 0 Å². The van der Waals surface area contributed by atoms with Gasteiger partial charge in [-0.25, -0.2) is 0 Å². The fraction of sp³-hybridized carbons (Fsp3) is 0.231. The van der Waals surface area contributed by atoms with E-state index in [1.165, 1.54) is 5.56 Å². The second kappa shape index (κ2) is 12.2. The van der Waals surface area contributed by atoms with Crippen molar-refractivity contribution in [2.75, 3.05) is 29.1 Å². The molecule has 0 aliphatic carbocycles. The van der Waals surface area contributed by atoms with E-state index in [0.29, 0.717) is 18.7 Å². The van der Waals surface area contributed by atoms with Gasteiger partial charge in [0, 0.05) is 23.5 Å². The Labute approximate surface area is 189 Å². The highest BCUT2D eigenvalue weighted by molar-refractivity contribution is 5.94. The lowest BCUT2D eigenvalue weighted by atomic mass is 10.1. The molecule has 0 saturated carbocycles. The highest BCUT2D eigenvalue weighted by atomic mass is 16.5. The number of ether oxygens (including phenoxy) is 1. The number of hydrogen-bond donors (Lipinski definition) is 3. The molecule has 3 rings (SSSR count). The van der Waals surface area contributed by atoms with Crippen LogP contribution in [0.5, 0.6) is 5.75 Å². The third-order valence-corrected chi connectivity index (χ3v) is 4.80. The average molecular weight is 432 g/mol. The fourth-order valence-corrected chi connectivity index (χ4v) is 3.05. The molecule has 2 amide bonds. The van der Waals surface area contributed by atoms with Crippen LogP contribution in [0.2, 0.25) is 0 Å². The van der Waals surface area contributed by atoms with E-state index in [9.17, 15) is 9.59 Å². The van der Waals surface area contributed by atoms with Crippen LogP contribution >= 0.6 is 0 Å². The third kappa shape index (κ3) is 7.80. The average Bonchev–Trinajstić information content (AvgIpc) is 2.83. The summed E-state index contributed by atoms with van der Waals surface area (Å²) in [6.07, 6.45) is 2.36. The molecular weight excluding hydrogens is 402 g/mol. The number of rotatable bonds is 11. The van der Waals surface area contributed by atoms with Crippen molar-refractivity contribution in [3.8, 4) is 5.75 Å². The van der Waals surface area contributed by atoms with Gasteiger partial charge in [0.1, 0.15) is 5.75 Å². The lowest BCUT2D eigenvalue weighted by Crippen LogP contribution is -2.21. The topological polar surface area (TPSA) is 79.5 Å². The molecule has 0 spiro atoms. The van der Waals surface area contributed by atoms with Crippen LogP contribution in [0.3, 0.4) is 0 Å². The molecule has 0 fully saturated rings. The molecule has 3 aromatic carbocycles. The standard InChI is InChI=1S/C26H29N3O3/c1-2-25(30)28-22-12-10-21(11-13-22)27-19-26(31)29-23-14-16-24(17-15-23)32-18-6-9-20-7-4-3-5-8-20/h3-5,7-8,10-17,27H,2,6,9,18-19H2,1H3,(H,28,30)(H,29,31). The summed E-state index contributed by atoms with van der Waals surface area (Å²) in [6, 6.07) is 25.0. The molecule has 6 nitrogen and oxygen atoms in total. The van der Waals surface area contributed by atoms with Gasteiger partial charge < -0.3 is 20.7 Å². The molecular formula is C26H29N3O3. The SMILES string of the molecule is CCC(=O)Nc1ccc(NCC(=O)Nc2ccc(OCCCc3ccccc3)cc2)cc1. The van der Waals surface area contributed by atoms with Gasteiger partial charge in [-0.2, -0.15) is 0 Å². The van der Waals surface area contributed by atoms with E-state index in [-0.39, 0.29) is 18.4 Å². The third-order valence-electron chi connectivity index (χ3n) is 4.80. The van der Waals surface area contributed by atoms with Crippen LogP contribution in [0.15, 0.2) is 78.9 Å². The molecule has 0 atom stereocenters. The van der Waals surface area contributed by atoms with Crippen molar-refractivity contribution in [2.45, 2.75) is 26.2 Å². The van der Waals surface area contributed by atoms with Crippen LogP contribution in [0.25, 0.3) is 0 Å². The molecule has 0 aromatic heterocycles. The van der Waals surface area contributed by atoms with Crippen LogP contribution in [0.4, 0.5) is 17.1 Å². The quantitative estimate of drug-likeness (QED) is 0.369. The van der Waals surface area contributed by atoms with Crippen molar-refractivity contribution < 1.29 is 14.3 Å². The summed E-state index contributed by atoms with van der Waals surface area (Å²) in [5, 5.41) is 8.72. The summed E-state index contributed by atoms with van der Waals surface area (Å²) in [4.78, 5) is 23.6. The first-order valence-electron chi connectivity index (χ1n) is 10.8. The van der Waals surface area contributed by atoms with Crippen LogP contribution < -0.4 is 20.7 Å². The molecule has 166 valence electrons. The van der Waals surface area contributed by atoms with Crippen molar-refractivity contribution in [1.29, 1.82) is 0 Å². The molecule has 32 heavy (non-hydrogen) atoms. The zero-order valence-corrected chi connectivity index (χ0v) is 18.3. The van der Waals surface area contributed by atoms with Crippen molar-refractivity contribution in [2.24, 2.45) is 0 Å². The number of benzene rings is 3. The van der Waals surface area contributed by atoms with Crippen molar-refractivity contribution in [3.05, 3.63) is 84.4 Å². The maximum absolute atomic E-state index is 12.2. The first-order valence-corrected chi connectivity index (χ1v) is 10.8. The number of amides is 2. The molecule has 0 saturated heterocycles. The van der Waals surface area contributed by atoms with Gasteiger partial charge in [0.05, 0.1) is 13.2 Å². The monoisotopic (exact) mass is 431 g/mol. The highest BCUT2D eigenvalue weighted by Crippen LogP contribution is 2.17. The Morgan fingerprint density at radius 2 is 1.34 bits per heavy atom. The molecule has 6 heteroatoms. The minimum absolute atomic E-state index is 0.0336. The number of nitrogens with one attached hydrogen (secondary N) is 3. The van der Waals surface area contributed by atoms with Gasteiger partial charge in [-0.05, 0) is 66.9 Å². The Balaban J connectivity index is 1.36. The Hall–Kier alpha value is -3.80. The Morgan fingerprint density at radius 3 is 2.00 bits per heavy atom. The molecule has 0 aliphatic heterocycles. The Morgan fingerprint density at radius 1 is 0.750 bits per heavy atom. The number of aryl methyl sites for hydroxylation is 1. The van der Waals surface area contributed by atoms with E-state index in [2.05, 4.69) is 28.1 Å². The van der Waals surface area contributed by atoms with Gasteiger partial charge in [0.2, 0.25) is 11.8 Å². The predicted octanol–water partition coefficient (Wildman–Crippen LogP) is 5.10. The number of hydrogen-bond acceptors (Lipinski definition) is 4. The van der Waals surface area contributed by atoms with Crippen molar-refractivity contribution >= 4 is 28.9 Å². The first kappa shape index (κ1) is 22.9. The van der Waals surface area contributed by atoms with Crippen LogP contribution in [0.1, 0.15) is 25.3 Å². The smallest absolute Gasteiger partial charge is 0.243 e. The van der Waals surface area contributed by atoms with E-state index in [4.69, 9.17) is 4.74 Å². The molecule has 0 bridgehead atoms. The summed E-state index contributed by atoms with van der Waals surface area (Å²) in [5.74, 6) is 0.600. The lowest BCUT2D eigenvalue weighted by Gasteiger charge is -2.10. The summed E-state index contributed by atoms with van der Waals surface area (Å²) in [5.41, 5.74) is 3.55. The maximum Gasteiger partial charge on any atom is 0.243 e. The van der Waals surface area contributed by atoms with Crippen LogP contribution in [-0.4, -0.2) is 25.0 Å². The summed E-state index contributed by atoms with van der Waals surface area (Å²) < 4.78 is 5.78. The Bertz CT molecular complexity index is 987. The fourth-order valence-electron chi connectivity index (χ4n) is 3.05. The molecule has 0 radical (unpaired) electrons. The summed E-state index contributed by atoms with van der Waals surface area (Å²) in [7, 11) is 0. The summed E-state index contributed by atoms with van der Waals surface area (Å²) in [6.45, 7) is 2.58. The molecule has 3 aromatic rings. The second-order valence-electron chi connectivity index (χ2n) is 7.34. The van der Waals surface area contributed by atoms with E-state index >= 15 is 0 Å². The van der Waals surface area contributed by atoms with Gasteiger partial charge in [-0.1, -0.05) is 37.3 Å². The number of anilines is 3.